The van der Waals surface area contributed by atoms with Gasteiger partial charge in [0.2, 0.25) is 0 Å². The van der Waals surface area contributed by atoms with Crippen molar-refractivity contribution < 1.29 is 9.84 Å². The maximum absolute atomic E-state index is 10.1. The molecule has 2 aromatic rings. The summed E-state index contributed by atoms with van der Waals surface area (Å²) in [5.41, 5.74) is 9.28. The number of aromatic hydroxyl groups is 1. The van der Waals surface area contributed by atoms with Gasteiger partial charge in [-0.05, 0) is 36.6 Å². The van der Waals surface area contributed by atoms with Gasteiger partial charge in [-0.2, -0.15) is 0 Å². The van der Waals surface area contributed by atoms with Crippen LogP contribution in [0, 0.1) is 0 Å². The number of aromatic nitrogens is 2. The molecule has 0 aliphatic carbocycles. The molecule has 0 spiro atoms. The van der Waals surface area contributed by atoms with Crippen molar-refractivity contribution in [2.45, 2.75) is 31.5 Å². The topological polar surface area (TPSA) is 81.3 Å². The normalized spacial score (nSPS) is 23.1. The van der Waals surface area contributed by atoms with Gasteiger partial charge in [0.15, 0.2) is 5.82 Å². The molecule has 4 rings (SSSR count). The maximum atomic E-state index is 10.1. The van der Waals surface area contributed by atoms with Gasteiger partial charge in [-0.1, -0.05) is 11.6 Å². The first-order valence-corrected chi connectivity index (χ1v) is 7.30. The van der Waals surface area contributed by atoms with Gasteiger partial charge >= 0.3 is 0 Å². The highest BCUT2D eigenvalue weighted by Crippen LogP contribution is 2.46. The molecule has 1 aromatic carbocycles. The Hall–Kier alpha value is -1.85. The monoisotopic (exact) mass is 303 g/mol. The van der Waals surface area contributed by atoms with E-state index >= 15 is 0 Å². The van der Waals surface area contributed by atoms with Crippen LogP contribution in [0.2, 0.25) is 5.02 Å². The fraction of sp³-hybridized carbons (Fsp3) is 0.333. The molecule has 3 N–H and O–H groups in total. The molecule has 1 saturated heterocycles. The second kappa shape index (κ2) is 4.58. The molecular weight excluding hydrogens is 290 g/mol. The van der Waals surface area contributed by atoms with Crippen molar-refractivity contribution in [1.82, 2.24) is 10.2 Å². The highest BCUT2D eigenvalue weighted by Gasteiger charge is 2.37. The Morgan fingerprint density at radius 2 is 2.14 bits per heavy atom. The summed E-state index contributed by atoms with van der Waals surface area (Å²) in [7, 11) is 0. The second-order valence-electron chi connectivity index (χ2n) is 5.52. The maximum Gasteiger partial charge on any atom is 0.152 e. The Kier molecular flexibility index (Phi) is 2.80. The van der Waals surface area contributed by atoms with E-state index < -0.39 is 0 Å². The number of rotatable bonds is 1. The van der Waals surface area contributed by atoms with Gasteiger partial charge in [0.05, 0.1) is 12.2 Å². The lowest BCUT2D eigenvalue weighted by Gasteiger charge is -2.26. The largest absolute Gasteiger partial charge is 0.507 e. The third kappa shape index (κ3) is 1.96. The van der Waals surface area contributed by atoms with Crippen molar-refractivity contribution in [3.05, 3.63) is 34.3 Å². The van der Waals surface area contributed by atoms with Gasteiger partial charge in [-0.25, -0.2) is 0 Å². The number of ether oxygens (including phenoxy) is 1. The van der Waals surface area contributed by atoms with Crippen LogP contribution >= 0.6 is 11.6 Å². The molecule has 2 atom stereocenters. The van der Waals surface area contributed by atoms with Gasteiger partial charge in [0.1, 0.15) is 11.4 Å². The fourth-order valence-corrected chi connectivity index (χ4v) is 3.45. The number of phenols is 1. The van der Waals surface area contributed by atoms with Crippen molar-refractivity contribution >= 4 is 17.4 Å². The molecular formula is C15H14ClN3O2. The molecule has 0 amide bonds. The van der Waals surface area contributed by atoms with E-state index in [9.17, 15) is 5.11 Å². The first-order valence-electron chi connectivity index (χ1n) is 6.92. The highest BCUT2D eigenvalue weighted by molar-refractivity contribution is 6.30. The predicted molar refractivity (Wildman–Crippen MR) is 79.1 cm³/mol. The van der Waals surface area contributed by atoms with Crippen molar-refractivity contribution in [2.24, 2.45) is 0 Å². The van der Waals surface area contributed by atoms with Crippen molar-refractivity contribution in [1.29, 1.82) is 0 Å². The highest BCUT2D eigenvalue weighted by atomic mass is 35.5. The fourth-order valence-electron chi connectivity index (χ4n) is 3.28. The molecule has 21 heavy (non-hydrogen) atoms. The summed E-state index contributed by atoms with van der Waals surface area (Å²) in [6.07, 6.45) is 2.94. The molecule has 3 heterocycles. The van der Waals surface area contributed by atoms with E-state index in [2.05, 4.69) is 10.2 Å². The minimum atomic E-state index is 0.00226. The minimum absolute atomic E-state index is 0.00226. The summed E-state index contributed by atoms with van der Waals surface area (Å²) in [5, 5.41) is 18.9. The van der Waals surface area contributed by atoms with Crippen LogP contribution in [0.4, 0.5) is 5.82 Å². The molecule has 0 radical (unpaired) electrons. The number of nitrogens with zero attached hydrogens (tertiary/aromatic N) is 2. The lowest BCUT2D eigenvalue weighted by molar-refractivity contribution is 0.0326. The van der Waals surface area contributed by atoms with E-state index in [1.165, 1.54) is 6.07 Å². The zero-order valence-electron chi connectivity index (χ0n) is 11.2. The van der Waals surface area contributed by atoms with E-state index in [-0.39, 0.29) is 18.0 Å². The third-order valence-corrected chi connectivity index (χ3v) is 4.46. The van der Waals surface area contributed by atoms with Gasteiger partial charge in [0, 0.05) is 22.6 Å². The van der Waals surface area contributed by atoms with E-state index in [4.69, 9.17) is 22.1 Å². The number of fused-ring (bicyclic) bond motifs is 4. The van der Waals surface area contributed by atoms with Gasteiger partial charge in [-0.15, -0.1) is 10.2 Å². The second-order valence-corrected chi connectivity index (χ2v) is 5.95. The summed E-state index contributed by atoms with van der Waals surface area (Å²) in [5.74, 6) is 0.523. The van der Waals surface area contributed by atoms with Crippen molar-refractivity contribution in [3.63, 3.8) is 0 Å². The molecule has 5 nitrogen and oxygen atoms in total. The summed E-state index contributed by atoms with van der Waals surface area (Å²) < 4.78 is 5.91. The summed E-state index contributed by atoms with van der Waals surface area (Å²) in [6, 6.07) is 5.00. The molecule has 108 valence electrons. The summed E-state index contributed by atoms with van der Waals surface area (Å²) >= 11 is 5.89. The molecule has 2 aliphatic heterocycles. The lowest BCUT2D eigenvalue weighted by Crippen LogP contribution is -2.21. The molecule has 2 aliphatic rings. The summed E-state index contributed by atoms with van der Waals surface area (Å²) in [6.45, 7) is 0. The number of halogens is 1. The van der Waals surface area contributed by atoms with E-state index in [1.807, 2.05) is 0 Å². The molecule has 1 fully saturated rings. The SMILES string of the molecule is Nc1nnc(-c2ccc(Cl)cc2O)c2c1[C@@H]1CC[C@H](C2)O1. The molecule has 6 heteroatoms. The number of nitrogens with two attached hydrogens (primary N) is 1. The zero-order chi connectivity index (χ0) is 14.6. The Labute approximate surface area is 126 Å². The van der Waals surface area contributed by atoms with Gasteiger partial charge in [0.25, 0.3) is 0 Å². The number of nitrogen functional groups attached to an aromatic ring is 1. The van der Waals surface area contributed by atoms with Crippen LogP contribution < -0.4 is 5.73 Å². The van der Waals surface area contributed by atoms with Crippen molar-refractivity contribution in [2.75, 3.05) is 5.73 Å². The third-order valence-electron chi connectivity index (χ3n) is 4.22. The van der Waals surface area contributed by atoms with Gasteiger partial charge < -0.3 is 15.6 Å². The Morgan fingerprint density at radius 3 is 2.95 bits per heavy atom. The van der Waals surface area contributed by atoms with Crippen LogP contribution in [-0.4, -0.2) is 21.4 Å². The summed E-state index contributed by atoms with van der Waals surface area (Å²) in [4.78, 5) is 0. The predicted octanol–water partition coefficient (Wildman–Crippen LogP) is 2.86. The standard InChI is InChI=1S/C15H14ClN3O2/c16-7-1-3-9(11(20)5-7)14-10-6-8-2-4-12(21-8)13(10)15(17)19-18-14/h1,3,5,8,12,20H,2,4,6H2,(H2,17,19)/t8-,12+/m1/s1. The number of benzene rings is 1. The van der Waals surface area contributed by atoms with E-state index in [0.29, 0.717) is 22.1 Å². The van der Waals surface area contributed by atoms with Crippen LogP contribution in [-0.2, 0) is 11.2 Å². The van der Waals surface area contributed by atoms with Crippen molar-refractivity contribution in [3.8, 4) is 17.0 Å². The quantitative estimate of drug-likeness (QED) is 0.846. The number of phenolic OH excluding ortho intramolecular Hbond substituents is 1. The first kappa shape index (κ1) is 12.9. The average Bonchev–Trinajstić information content (AvgIpc) is 2.82. The smallest absolute Gasteiger partial charge is 0.152 e. The van der Waals surface area contributed by atoms with Crippen LogP contribution in [0.5, 0.6) is 5.75 Å². The first-order chi connectivity index (χ1) is 10.1. The number of hydrogen-bond acceptors (Lipinski definition) is 5. The van der Waals surface area contributed by atoms with Crippen LogP contribution in [0.1, 0.15) is 30.1 Å². The number of hydrogen-bond donors (Lipinski definition) is 2. The number of anilines is 1. The van der Waals surface area contributed by atoms with E-state index in [1.54, 1.807) is 12.1 Å². The Morgan fingerprint density at radius 1 is 1.29 bits per heavy atom. The molecule has 2 bridgehead atoms. The zero-order valence-corrected chi connectivity index (χ0v) is 12.0. The van der Waals surface area contributed by atoms with E-state index in [0.717, 1.165) is 30.4 Å². The van der Waals surface area contributed by atoms with Crippen LogP contribution in [0.3, 0.4) is 0 Å². The molecule has 0 unspecified atom stereocenters. The molecule has 0 saturated carbocycles. The Balaban J connectivity index is 1.93. The van der Waals surface area contributed by atoms with Gasteiger partial charge in [-0.3, -0.25) is 0 Å². The Bertz CT molecular complexity index is 735. The minimum Gasteiger partial charge on any atom is -0.507 e. The molecule has 1 aromatic heterocycles. The lowest BCUT2D eigenvalue weighted by atomic mass is 9.94. The van der Waals surface area contributed by atoms with Crippen LogP contribution in [0.25, 0.3) is 11.3 Å². The van der Waals surface area contributed by atoms with Crippen LogP contribution in [0.15, 0.2) is 18.2 Å². The average molecular weight is 304 g/mol.